The van der Waals surface area contributed by atoms with Crippen LogP contribution in [0.1, 0.15) is 17.7 Å². The molecule has 1 aromatic carbocycles. The molecule has 2 aromatic rings. The van der Waals surface area contributed by atoms with Crippen LogP contribution in [0.25, 0.3) is 0 Å². The van der Waals surface area contributed by atoms with Gasteiger partial charge in [-0.25, -0.2) is 4.98 Å². The third kappa shape index (κ3) is 2.92. The highest BCUT2D eigenvalue weighted by Gasteiger charge is 2.45. The van der Waals surface area contributed by atoms with Gasteiger partial charge in [-0.2, -0.15) is 0 Å². The summed E-state index contributed by atoms with van der Waals surface area (Å²) in [5.74, 6) is 0. The van der Waals surface area contributed by atoms with Gasteiger partial charge in [0, 0.05) is 32.9 Å². The Morgan fingerprint density at radius 3 is 2.61 bits per heavy atom. The van der Waals surface area contributed by atoms with Gasteiger partial charge in [0.25, 0.3) is 0 Å². The van der Waals surface area contributed by atoms with Gasteiger partial charge in [0.15, 0.2) is 0 Å². The van der Waals surface area contributed by atoms with Crippen LogP contribution >= 0.6 is 0 Å². The summed E-state index contributed by atoms with van der Waals surface area (Å²) in [6.07, 6.45) is 4.20. The van der Waals surface area contributed by atoms with Crippen molar-refractivity contribution in [3.63, 3.8) is 0 Å². The second-order valence-electron chi connectivity index (χ2n) is 6.68. The van der Waals surface area contributed by atoms with Crippen LogP contribution in [0.4, 0.5) is 0 Å². The van der Waals surface area contributed by atoms with Gasteiger partial charge in [-0.15, -0.1) is 0 Å². The van der Waals surface area contributed by atoms with Crippen molar-refractivity contribution in [3.05, 3.63) is 54.1 Å². The number of aromatic nitrogens is 2. The number of aryl methyl sites for hydroxylation is 1. The monoisotopic (exact) mass is 314 g/mol. The average Bonchev–Trinajstić information content (AvgIpc) is 2.93. The zero-order valence-electron chi connectivity index (χ0n) is 14.2. The van der Waals surface area contributed by atoms with Gasteiger partial charge in [-0.1, -0.05) is 30.3 Å². The first kappa shape index (κ1) is 16.2. The molecule has 3 rings (SSSR count). The molecule has 0 radical (unpaired) electrons. The summed E-state index contributed by atoms with van der Waals surface area (Å²) in [5.41, 5.74) is 2.05. The van der Waals surface area contributed by atoms with Crippen molar-refractivity contribution in [2.45, 2.75) is 24.6 Å². The van der Waals surface area contributed by atoms with E-state index in [0.29, 0.717) is 6.54 Å². The molecule has 1 aliphatic rings. The number of imidazole rings is 1. The molecule has 1 aliphatic heterocycles. The van der Waals surface area contributed by atoms with E-state index in [9.17, 15) is 5.11 Å². The first-order valence-electron chi connectivity index (χ1n) is 8.12. The van der Waals surface area contributed by atoms with Crippen LogP contribution in [0.5, 0.6) is 0 Å². The van der Waals surface area contributed by atoms with Crippen molar-refractivity contribution in [2.24, 2.45) is 7.05 Å². The Labute approximate surface area is 138 Å². The number of likely N-dealkylation sites (tertiary alicyclic amines) is 1. The number of β-amino-alcohol motifs (C(OH)–C–C–N with tert-alkyl or cyclic N) is 1. The molecule has 0 bridgehead atoms. The minimum Gasteiger partial charge on any atom is -0.389 e. The van der Waals surface area contributed by atoms with Crippen LogP contribution in [0.2, 0.25) is 0 Å². The van der Waals surface area contributed by atoms with Crippen LogP contribution in [0.15, 0.2) is 42.9 Å². The molecule has 23 heavy (non-hydrogen) atoms. The lowest BCUT2D eigenvalue weighted by Crippen LogP contribution is -2.59. The van der Waals surface area contributed by atoms with Crippen molar-refractivity contribution >= 4 is 0 Å². The fourth-order valence-corrected chi connectivity index (χ4v) is 3.74. The van der Waals surface area contributed by atoms with Crippen LogP contribution in [-0.2, 0) is 19.1 Å². The first-order chi connectivity index (χ1) is 11.0. The highest BCUT2D eigenvalue weighted by Crippen LogP contribution is 2.37. The highest BCUT2D eigenvalue weighted by atomic mass is 16.3. The number of hydrogen-bond donors (Lipinski definition) is 1. The van der Waals surface area contributed by atoms with Crippen molar-refractivity contribution in [1.82, 2.24) is 19.4 Å². The summed E-state index contributed by atoms with van der Waals surface area (Å²) in [4.78, 5) is 8.66. The predicted molar refractivity (Wildman–Crippen MR) is 90.9 cm³/mol. The van der Waals surface area contributed by atoms with E-state index in [0.717, 1.165) is 19.5 Å². The maximum atomic E-state index is 11.0. The number of nitrogens with zero attached hydrogens (tertiary/aromatic N) is 4. The van der Waals surface area contributed by atoms with E-state index in [1.54, 1.807) is 0 Å². The van der Waals surface area contributed by atoms with Gasteiger partial charge in [-0.05, 0) is 26.1 Å². The predicted octanol–water partition coefficient (Wildman–Crippen LogP) is 1.44. The number of aliphatic hydroxyl groups excluding tert-OH is 1. The molecule has 5 heteroatoms. The molecule has 0 saturated carbocycles. The van der Waals surface area contributed by atoms with E-state index in [1.165, 1.54) is 11.3 Å². The van der Waals surface area contributed by atoms with Crippen molar-refractivity contribution in [2.75, 3.05) is 27.2 Å². The summed E-state index contributed by atoms with van der Waals surface area (Å²) in [6, 6.07) is 10.4. The van der Waals surface area contributed by atoms with Crippen LogP contribution in [0.3, 0.4) is 0 Å². The van der Waals surface area contributed by atoms with E-state index in [-0.39, 0.29) is 5.54 Å². The molecule has 0 aliphatic carbocycles. The number of likely N-dealkylation sites (N-methyl/N-ethyl adjacent to an activating group) is 1. The lowest BCUT2D eigenvalue weighted by molar-refractivity contribution is -0.0706. The second-order valence-corrected chi connectivity index (χ2v) is 6.68. The quantitative estimate of drug-likeness (QED) is 0.928. The number of aliphatic hydroxyl groups is 1. The summed E-state index contributed by atoms with van der Waals surface area (Å²) in [6.45, 7) is 2.44. The zero-order valence-corrected chi connectivity index (χ0v) is 14.2. The fraction of sp³-hybridized carbons (Fsp3) is 0.500. The smallest absolute Gasteiger partial charge is 0.0945 e. The van der Waals surface area contributed by atoms with Crippen LogP contribution < -0.4 is 0 Å². The van der Waals surface area contributed by atoms with Gasteiger partial charge < -0.3 is 9.67 Å². The lowest BCUT2D eigenvalue weighted by atomic mass is 9.77. The Hall–Kier alpha value is -1.69. The minimum atomic E-state index is -0.429. The Kier molecular flexibility index (Phi) is 4.53. The summed E-state index contributed by atoms with van der Waals surface area (Å²) >= 11 is 0. The highest BCUT2D eigenvalue weighted by molar-refractivity contribution is 5.27. The SMILES string of the molecule is CN(C)[C@]1(c2ccccc2)CCN(Cc2cncn2C)C[C@H]1O. The molecular weight excluding hydrogens is 288 g/mol. The van der Waals surface area contributed by atoms with Gasteiger partial charge in [0.2, 0.25) is 0 Å². The van der Waals surface area contributed by atoms with Crippen molar-refractivity contribution in [1.29, 1.82) is 0 Å². The van der Waals surface area contributed by atoms with Gasteiger partial charge >= 0.3 is 0 Å². The number of benzene rings is 1. The molecule has 5 nitrogen and oxygen atoms in total. The summed E-state index contributed by atoms with van der Waals surface area (Å²) in [5, 5.41) is 11.0. The van der Waals surface area contributed by atoms with Gasteiger partial charge in [0.1, 0.15) is 0 Å². The molecule has 0 unspecified atom stereocenters. The third-order valence-electron chi connectivity index (χ3n) is 5.17. The second kappa shape index (κ2) is 6.43. The van der Waals surface area contributed by atoms with E-state index >= 15 is 0 Å². The van der Waals surface area contributed by atoms with E-state index in [2.05, 4.69) is 53.1 Å². The summed E-state index contributed by atoms with van der Waals surface area (Å²) < 4.78 is 2.04. The maximum Gasteiger partial charge on any atom is 0.0945 e. The zero-order chi connectivity index (χ0) is 16.4. The molecule has 0 spiro atoms. The molecule has 0 amide bonds. The normalized spacial score (nSPS) is 25.9. The Morgan fingerprint density at radius 2 is 2.04 bits per heavy atom. The van der Waals surface area contributed by atoms with Gasteiger partial charge in [0.05, 0.1) is 23.7 Å². The molecular formula is C18H26N4O. The van der Waals surface area contributed by atoms with E-state index < -0.39 is 6.10 Å². The molecule has 1 aromatic heterocycles. The lowest BCUT2D eigenvalue weighted by Gasteiger charge is -2.50. The Balaban J connectivity index is 1.80. The van der Waals surface area contributed by atoms with Crippen molar-refractivity contribution < 1.29 is 5.11 Å². The first-order valence-corrected chi connectivity index (χ1v) is 8.12. The maximum absolute atomic E-state index is 11.0. The average molecular weight is 314 g/mol. The van der Waals surface area contributed by atoms with E-state index in [4.69, 9.17) is 0 Å². The summed E-state index contributed by atoms with van der Waals surface area (Å²) in [7, 11) is 6.14. The Morgan fingerprint density at radius 1 is 1.30 bits per heavy atom. The molecule has 1 N–H and O–H groups in total. The fourth-order valence-electron chi connectivity index (χ4n) is 3.74. The molecule has 1 fully saturated rings. The molecule has 2 atom stereocenters. The topological polar surface area (TPSA) is 44.5 Å². The number of hydrogen-bond acceptors (Lipinski definition) is 4. The Bertz CT molecular complexity index is 639. The number of rotatable bonds is 4. The van der Waals surface area contributed by atoms with E-state index in [1.807, 2.05) is 30.2 Å². The van der Waals surface area contributed by atoms with Gasteiger partial charge in [-0.3, -0.25) is 9.80 Å². The molecule has 1 saturated heterocycles. The third-order valence-corrected chi connectivity index (χ3v) is 5.17. The molecule has 124 valence electrons. The van der Waals surface area contributed by atoms with Crippen LogP contribution in [-0.4, -0.2) is 57.7 Å². The number of piperidine rings is 1. The van der Waals surface area contributed by atoms with Crippen molar-refractivity contribution in [3.8, 4) is 0 Å². The minimum absolute atomic E-state index is 0.315. The molecule has 2 heterocycles. The largest absolute Gasteiger partial charge is 0.389 e. The standard InChI is InChI=1S/C18H26N4O/c1-20(2)18(15-7-5-4-6-8-15)9-10-22(13-17(18)23)12-16-11-19-14-21(16)3/h4-8,11,14,17,23H,9-10,12-13H2,1-3H3/t17-,18+/m1/s1. The van der Waals surface area contributed by atoms with Crippen LogP contribution in [0, 0.1) is 0 Å².